The van der Waals surface area contributed by atoms with Gasteiger partial charge in [-0.15, -0.1) is 0 Å². The maximum Gasteiger partial charge on any atom is 0.268 e. The average Bonchev–Trinajstić information content (AvgIpc) is 2.86. The summed E-state index contributed by atoms with van der Waals surface area (Å²) < 4.78 is 13.3. The highest BCUT2D eigenvalue weighted by Crippen LogP contribution is 2.42. The summed E-state index contributed by atoms with van der Waals surface area (Å²) in [6.45, 7) is 1.84. The number of hydrazone groups is 1. The molecule has 124 valence electrons. The molecule has 0 amide bonds. The summed E-state index contributed by atoms with van der Waals surface area (Å²) in [6.07, 6.45) is 0. The first-order chi connectivity index (χ1) is 11.4. The van der Waals surface area contributed by atoms with E-state index in [2.05, 4.69) is 5.10 Å². The molecule has 2 aromatic carbocycles. The van der Waals surface area contributed by atoms with Gasteiger partial charge < -0.3 is 0 Å². The quantitative estimate of drug-likeness (QED) is 0.658. The second kappa shape index (κ2) is 6.71. The fourth-order valence-electron chi connectivity index (χ4n) is 2.81. The zero-order valence-electron chi connectivity index (χ0n) is 12.5. The summed E-state index contributed by atoms with van der Waals surface area (Å²) in [5.74, 6) is -0.623. The molecule has 0 unspecified atom stereocenters. The molecule has 0 spiro atoms. The Morgan fingerprint density at radius 1 is 1.17 bits per heavy atom. The molecule has 1 aliphatic heterocycles. The van der Waals surface area contributed by atoms with Crippen molar-refractivity contribution in [2.45, 2.75) is 13.0 Å². The maximum absolute atomic E-state index is 13.3. The molecule has 1 heterocycles. The molecular weight excluding hydrogens is 374 g/mol. The molecule has 0 saturated heterocycles. The van der Waals surface area contributed by atoms with Crippen molar-refractivity contribution in [3.63, 3.8) is 0 Å². The van der Waals surface area contributed by atoms with Gasteiger partial charge in [0.2, 0.25) is 0 Å². The van der Waals surface area contributed by atoms with Crippen molar-refractivity contribution in [2.24, 2.45) is 11.0 Å². The third-order valence-corrected chi connectivity index (χ3v) is 4.68. The SMILES string of the molecule is C[C@@H]1C(C(=O)Cl)=NN(c2ccc(Cl)cc2Cl)[C@@H]1c1ccc(F)cc1. The van der Waals surface area contributed by atoms with E-state index in [1.807, 2.05) is 6.92 Å². The summed E-state index contributed by atoms with van der Waals surface area (Å²) in [5.41, 5.74) is 1.62. The molecule has 7 heteroatoms. The van der Waals surface area contributed by atoms with Crippen molar-refractivity contribution >= 4 is 51.4 Å². The summed E-state index contributed by atoms with van der Waals surface area (Å²) in [6, 6.07) is 10.7. The molecule has 3 nitrogen and oxygen atoms in total. The highest BCUT2D eigenvalue weighted by Gasteiger charge is 2.39. The second-order valence-electron chi connectivity index (χ2n) is 5.48. The van der Waals surface area contributed by atoms with Gasteiger partial charge in [0.25, 0.3) is 5.24 Å². The minimum Gasteiger partial charge on any atom is -0.274 e. The molecule has 0 aromatic heterocycles. The van der Waals surface area contributed by atoms with Gasteiger partial charge in [0.1, 0.15) is 11.5 Å². The molecule has 0 saturated carbocycles. The van der Waals surface area contributed by atoms with Gasteiger partial charge in [0.15, 0.2) is 0 Å². The summed E-state index contributed by atoms with van der Waals surface area (Å²) in [4.78, 5) is 11.7. The van der Waals surface area contributed by atoms with Crippen LogP contribution in [0, 0.1) is 11.7 Å². The predicted octanol–water partition coefficient (Wildman–Crippen LogP) is 5.45. The van der Waals surface area contributed by atoms with E-state index in [9.17, 15) is 9.18 Å². The van der Waals surface area contributed by atoms with Crippen LogP contribution in [0.25, 0.3) is 0 Å². The van der Waals surface area contributed by atoms with Crippen molar-refractivity contribution < 1.29 is 9.18 Å². The molecular formula is C17H12Cl3FN2O. The molecule has 2 aromatic rings. The minimum absolute atomic E-state index is 0.233. The molecule has 0 radical (unpaired) electrons. The Labute approximate surface area is 153 Å². The zero-order valence-corrected chi connectivity index (χ0v) is 14.8. The van der Waals surface area contributed by atoms with Gasteiger partial charge >= 0.3 is 0 Å². The van der Waals surface area contributed by atoms with Gasteiger partial charge in [-0.25, -0.2) is 4.39 Å². The molecule has 1 aliphatic rings. The summed E-state index contributed by atoms with van der Waals surface area (Å²) >= 11 is 17.9. The number of rotatable bonds is 3. The molecule has 2 atom stereocenters. The van der Waals surface area contributed by atoms with Crippen LogP contribution in [0.1, 0.15) is 18.5 Å². The number of halogens is 4. The monoisotopic (exact) mass is 384 g/mol. The van der Waals surface area contributed by atoms with Crippen molar-refractivity contribution in [2.75, 3.05) is 5.01 Å². The van der Waals surface area contributed by atoms with E-state index in [0.29, 0.717) is 15.7 Å². The van der Waals surface area contributed by atoms with E-state index in [4.69, 9.17) is 34.8 Å². The van der Waals surface area contributed by atoms with Gasteiger partial charge in [-0.1, -0.05) is 42.3 Å². The zero-order chi connectivity index (χ0) is 17.4. The first kappa shape index (κ1) is 17.2. The number of anilines is 1. The Morgan fingerprint density at radius 2 is 1.83 bits per heavy atom. The van der Waals surface area contributed by atoms with Gasteiger partial charge in [-0.3, -0.25) is 9.80 Å². The Bertz CT molecular complexity index is 823. The third kappa shape index (κ3) is 3.14. The van der Waals surface area contributed by atoms with Crippen LogP contribution >= 0.6 is 34.8 Å². The molecule has 0 N–H and O–H groups in total. The van der Waals surface area contributed by atoms with Crippen LogP contribution in [0.3, 0.4) is 0 Å². The van der Waals surface area contributed by atoms with Gasteiger partial charge in [0, 0.05) is 10.9 Å². The summed E-state index contributed by atoms with van der Waals surface area (Å²) in [7, 11) is 0. The van der Waals surface area contributed by atoms with Crippen LogP contribution in [0.15, 0.2) is 47.6 Å². The van der Waals surface area contributed by atoms with E-state index < -0.39 is 5.24 Å². The van der Waals surface area contributed by atoms with Crippen LogP contribution in [0.4, 0.5) is 10.1 Å². The minimum atomic E-state index is -0.623. The third-order valence-electron chi connectivity index (χ3n) is 3.95. The largest absolute Gasteiger partial charge is 0.274 e. The number of carbonyl (C=O) groups is 1. The molecule has 0 fully saturated rings. The number of benzene rings is 2. The Kier molecular flexibility index (Phi) is 4.81. The lowest BCUT2D eigenvalue weighted by Crippen LogP contribution is -2.25. The van der Waals surface area contributed by atoms with Crippen molar-refractivity contribution in [1.82, 2.24) is 0 Å². The Hall–Kier alpha value is -1.62. The van der Waals surface area contributed by atoms with E-state index in [0.717, 1.165) is 5.56 Å². The molecule has 0 aliphatic carbocycles. The van der Waals surface area contributed by atoms with Gasteiger partial charge in [-0.05, 0) is 47.5 Å². The molecule has 0 bridgehead atoms. The highest BCUT2D eigenvalue weighted by atomic mass is 35.5. The number of hydrogen-bond donors (Lipinski definition) is 0. The Morgan fingerprint density at radius 3 is 2.42 bits per heavy atom. The average molecular weight is 386 g/mol. The van der Waals surface area contributed by atoms with Crippen molar-refractivity contribution in [3.05, 3.63) is 63.9 Å². The number of nitrogens with zero attached hydrogens (tertiary/aromatic N) is 2. The highest BCUT2D eigenvalue weighted by molar-refractivity contribution is 6.82. The molecule has 3 rings (SSSR count). The van der Waals surface area contributed by atoms with E-state index >= 15 is 0 Å². The lowest BCUT2D eigenvalue weighted by atomic mass is 9.91. The van der Waals surface area contributed by atoms with E-state index in [1.165, 1.54) is 12.1 Å². The fraction of sp³-hybridized carbons (Fsp3) is 0.176. The van der Waals surface area contributed by atoms with Gasteiger partial charge in [0.05, 0.1) is 16.8 Å². The van der Waals surface area contributed by atoms with Crippen LogP contribution < -0.4 is 5.01 Å². The lowest BCUT2D eigenvalue weighted by Gasteiger charge is -2.27. The Balaban J connectivity index is 2.11. The smallest absolute Gasteiger partial charge is 0.268 e. The van der Waals surface area contributed by atoms with E-state index in [-0.39, 0.29) is 23.5 Å². The van der Waals surface area contributed by atoms with Crippen molar-refractivity contribution in [1.29, 1.82) is 0 Å². The number of carbonyl (C=O) groups excluding carboxylic acids is 1. The topological polar surface area (TPSA) is 32.7 Å². The molecule has 24 heavy (non-hydrogen) atoms. The lowest BCUT2D eigenvalue weighted by molar-refractivity contribution is -0.106. The van der Waals surface area contributed by atoms with Crippen LogP contribution in [-0.2, 0) is 4.79 Å². The normalized spacial score (nSPS) is 20.2. The van der Waals surface area contributed by atoms with Crippen LogP contribution in [0.2, 0.25) is 10.0 Å². The van der Waals surface area contributed by atoms with Crippen LogP contribution in [-0.4, -0.2) is 11.0 Å². The van der Waals surface area contributed by atoms with E-state index in [1.54, 1.807) is 35.3 Å². The van der Waals surface area contributed by atoms with Crippen LogP contribution in [0.5, 0.6) is 0 Å². The number of hydrogen-bond acceptors (Lipinski definition) is 3. The second-order valence-corrected chi connectivity index (χ2v) is 6.67. The first-order valence-corrected chi connectivity index (χ1v) is 8.30. The predicted molar refractivity (Wildman–Crippen MR) is 95.5 cm³/mol. The van der Waals surface area contributed by atoms with Crippen molar-refractivity contribution in [3.8, 4) is 0 Å². The first-order valence-electron chi connectivity index (χ1n) is 7.16. The fourth-order valence-corrected chi connectivity index (χ4v) is 3.51. The van der Waals surface area contributed by atoms with Gasteiger partial charge in [-0.2, -0.15) is 5.10 Å². The maximum atomic E-state index is 13.3. The standard InChI is InChI=1S/C17H12Cl3FN2O/c1-9-15(17(20)24)22-23(14-7-4-11(18)8-13(14)19)16(9)10-2-5-12(21)6-3-10/h2-9,16H,1H3/t9-,16+/m1/s1. The summed E-state index contributed by atoms with van der Waals surface area (Å²) in [5, 5.41) is 6.25.